The summed E-state index contributed by atoms with van der Waals surface area (Å²) in [7, 11) is 1.70. The van der Waals surface area contributed by atoms with Gasteiger partial charge in [0.25, 0.3) is 0 Å². The fourth-order valence-electron chi connectivity index (χ4n) is 1.70. The summed E-state index contributed by atoms with van der Waals surface area (Å²) in [6, 6.07) is 8.08. The number of halogens is 1. The highest BCUT2D eigenvalue weighted by Crippen LogP contribution is 2.17. The first-order valence-electron chi connectivity index (χ1n) is 6.21. The summed E-state index contributed by atoms with van der Waals surface area (Å²) in [5.74, 6) is 0.979. The maximum Gasteiger partial charge on any atom is 0.122 e. The summed E-state index contributed by atoms with van der Waals surface area (Å²) < 4.78 is 10.2. The van der Waals surface area contributed by atoms with E-state index in [9.17, 15) is 0 Å². The predicted octanol–water partition coefficient (Wildman–Crippen LogP) is 2.79. The molecule has 18 heavy (non-hydrogen) atoms. The van der Waals surface area contributed by atoms with Crippen LogP contribution in [0.1, 0.15) is 18.4 Å². The van der Waals surface area contributed by atoms with Gasteiger partial charge in [0.15, 0.2) is 0 Å². The minimum atomic E-state index is -0.0891. The highest BCUT2D eigenvalue weighted by Gasteiger charge is 2.07. The van der Waals surface area contributed by atoms with E-state index in [1.807, 2.05) is 18.2 Å². The molecule has 0 radical (unpaired) electrons. The zero-order valence-corrected chi connectivity index (χ0v) is 12.4. The van der Waals surface area contributed by atoms with Gasteiger partial charge in [-0.3, -0.25) is 0 Å². The molecule has 1 N–H and O–H groups in total. The van der Waals surface area contributed by atoms with E-state index in [1.165, 1.54) is 5.56 Å². The maximum atomic E-state index is 8.83. The van der Waals surface area contributed by atoms with E-state index >= 15 is 0 Å². The van der Waals surface area contributed by atoms with E-state index in [1.54, 1.807) is 7.11 Å². The number of ether oxygens (including phenoxy) is 2. The molecule has 1 aliphatic heterocycles. The second-order valence-corrected chi connectivity index (χ2v) is 4.89. The topological polar surface area (TPSA) is 38.7 Å². The summed E-state index contributed by atoms with van der Waals surface area (Å²) in [6.45, 7) is 1.47. The van der Waals surface area contributed by atoms with Crippen LogP contribution in [0, 0.1) is 0 Å². The molecule has 0 atom stereocenters. The minimum absolute atomic E-state index is 0.0891. The van der Waals surface area contributed by atoms with Gasteiger partial charge in [-0.2, -0.15) is 0 Å². The Morgan fingerprint density at radius 3 is 2.50 bits per heavy atom. The van der Waals surface area contributed by atoms with Gasteiger partial charge in [-0.15, -0.1) is 0 Å². The monoisotopic (exact) mass is 316 g/mol. The molecular formula is C14H21BrO3. The number of para-hydroxylation sites is 1. The number of rotatable bonds is 3. The zero-order valence-electron chi connectivity index (χ0n) is 10.8. The third-order valence-corrected chi connectivity index (χ3v) is 3.14. The van der Waals surface area contributed by atoms with E-state index in [0.29, 0.717) is 0 Å². The van der Waals surface area contributed by atoms with E-state index in [2.05, 4.69) is 22.0 Å². The molecule has 102 valence electrons. The van der Waals surface area contributed by atoms with Crippen molar-refractivity contribution >= 4 is 15.9 Å². The lowest BCUT2D eigenvalue weighted by atomic mass is 10.1. The smallest absolute Gasteiger partial charge is 0.122 e. The number of hydrogen-bond acceptors (Lipinski definition) is 3. The average Bonchev–Trinajstić information content (AvgIpc) is 2.41. The van der Waals surface area contributed by atoms with Crippen molar-refractivity contribution < 1.29 is 14.6 Å². The lowest BCUT2D eigenvalue weighted by molar-refractivity contribution is 0.0140. The Labute approximate surface area is 117 Å². The van der Waals surface area contributed by atoms with Gasteiger partial charge >= 0.3 is 0 Å². The molecule has 3 nitrogen and oxygen atoms in total. The van der Waals surface area contributed by atoms with E-state index < -0.39 is 0 Å². The summed E-state index contributed by atoms with van der Waals surface area (Å²) in [5.41, 5.74) is 1.26. The van der Waals surface area contributed by atoms with E-state index in [4.69, 9.17) is 14.6 Å². The number of benzene rings is 1. The molecular weight excluding hydrogens is 296 g/mol. The summed E-state index contributed by atoms with van der Waals surface area (Å²) in [4.78, 5) is 0. The van der Waals surface area contributed by atoms with Crippen LogP contribution in [0.4, 0.5) is 0 Å². The SMILES string of the molecule is COc1ccccc1CCBr.OC1CCOCC1. The van der Waals surface area contributed by atoms with Crippen LogP contribution in [0.3, 0.4) is 0 Å². The average molecular weight is 317 g/mol. The third-order valence-electron chi connectivity index (χ3n) is 2.75. The molecule has 4 heteroatoms. The molecule has 1 aromatic carbocycles. The number of hydrogen-bond donors (Lipinski definition) is 1. The van der Waals surface area contributed by atoms with Gasteiger partial charge in [0, 0.05) is 18.5 Å². The first kappa shape index (κ1) is 15.5. The molecule has 0 bridgehead atoms. The van der Waals surface area contributed by atoms with Crippen LogP contribution in [0.25, 0.3) is 0 Å². The van der Waals surface area contributed by atoms with Gasteiger partial charge < -0.3 is 14.6 Å². The van der Waals surface area contributed by atoms with Crippen LogP contribution in [0.5, 0.6) is 5.75 Å². The number of aliphatic hydroxyl groups excluding tert-OH is 1. The first-order valence-corrected chi connectivity index (χ1v) is 7.33. The molecule has 0 saturated carbocycles. The Bertz CT molecular complexity index is 325. The van der Waals surface area contributed by atoms with E-state index in [0.717, 1.165) is 43.6 Å². The zero-order chi connectivity index (χ0) is 13.2. The molecule has 0 spiro atoms. The highest BCUT2D eigenvalue weighted by atomic mass is 79.9. The molecule has 1 heterocycles. The lowest BCUT2D eigenvalue weighted by Crippen LogP contribution is -2.19. The lowest BCUT2D eigenvalue weighted by Gasteiger charge is -2.15. The molecule has 1 aromatic rings. The van der Waals surface area contributed by atoms with Crippen molar-refractivity contribution in [3.8, 4) is 5.75 Å². The maximum absolute atomic E-state index is 8.83. The Morgan fingerprint density at radius 2 is 2.00 bits per heavy atom. The molecule has 0 aromatic heterocycles. The predicted molar refractivity (Wildman–Crippen MR) is 76.6 cm³/mol. The molecule has 1 fully saturated rings. The Hall–Kier alpha value is -0.580. The van der Waals surface area contributed by atoms with Crippen molar-refractivity contribution in [3.63, 3.8) is 0 Å². The Balaban J connectivity index is 0.000000199. The third kappa shape index (κ3) is 5.85. The second kappa shape index (κ2) is 9.36. The second-order valence-electron chi connectivity index (χ2n) is 4.09. The van der Waals surface area contributed by atoms with Crippen molar-refractivity contribution in [2.75, 3.05) is 25.7 Å². The van der Waals surface area contributed by atoms with Gasteiger partial charge in [-0.1, -0.05) is 34.1 Å². The number of aryl methyl sites for hydroxylation is 1. The van der Waals surface area contributed by atoms with Crippen molar-refractivity contribution in [1.82, 2.24) is 0 Å². The molecule has 1 aliphatic rings. The summed E-state index contributed by atoms with van der Waals surface area (Å²) >= 11 is 3.39. The van der Waals surface area contributed by atoms with Crippen molar-refractivity contribution in [3.05, 3.63) is 29.8 Å². The molecule has 0 unspecified atom stereocenters. The van der Waals surface area contributed by atoms with Crippen LogP contribution >= 0.6 is 15.9 Å². The Kier molecular flexibility index (Phi) is 8.05. The van der Waals surface area contributed by atoms with E-state index in [-0.39, 0.29) is 6.10 Å². The molecule has 2 rings (SSSR count). The quantitative estimate of drug-likeness (QED) is 0.871. The molecule has 1 saturated heterocycles. The van der Waals surface area contributed by atoms with Crippen molar-refractivity contribution in [2.24, 2.45) is 0 Å². The first-order chi connectivity index (χ1) is 8.77. The fraction of sp³-hybridized carbons (Fsp3) is 0.571. The largest absolute Gasteiger partial charge is 0.496 e. The van der Waals surface area contributed by atoms with Crippen LogP contribution in [0.2, 0.25) is 0 Å². The van der Waals surface area contributed by atoms with Crippen LogP contribution in [0.15, 0.2) is 24.3 Å². The fourth-order valence-corrected chi connectivity index (χ4v) is 2.12. The van der Waals surface area contributed by atoms with Crippen molar-refractivity contribution in [1.29, 1.82) is 0 Å². The molecule has 0 amide bonds. The standard InChI is InChI=1S/C9H11BrO.C5H10O2/c1-11-9-5-3-2-4-8(9)6-7-10;6-5-1-3-7-4-2-5/h2-5H,6-7H2,1H3;5-6H,1-4H2. The van der Waals surface area contributed by atoms with Crippen LogP contribution < -0.4 is 4.74 Å². The summed E-state index contributed by atoms with van der Waals surface area (Å²) in [6.07, 6.45) is 2.57. The van der Waals surface area contributed by atoms with Gasteiger partial charge in [0.05, 0.1) is 13.2 Å². The number of methoxy groups -OCH3 is 1. The normalized spacial score (nSPS) is 15.7. The summed E-state index contributed by atoms with van der Waals surface area (Å²) in [5, 5.41) is 9.81. The van der Waals surface area contributed by atoms with Gasteiger partial charge in [-0.05, 0) is 30.9 Å². The number of alkyl halides is 1. The van der Waals surface area contributed by atoms with Gasteiger partial charge in [0.2, 0.25) is 0 Å². The van der Waals surface area contributed by atoms with Gasteiger partial charge in [0.1, 0.15) is 5.75 Å². The van der Waals surface area contributed by atoms with Crippen LogP contribution in [-0.4, -0.2) is 36.9 Å². The Morgan fingerprint density at radius 1 is 1.33 bits per heavy atom. The minimum Gasteiger partial charge on any atom is -0.496 e. The van der Waals surface area contributed by atoms with Crippen molar-refractivity contribution in [2.45, 2.75) is 25.4 Å². The number of aliphatic hydroxyl groups is 1. The van der Waals surface area contributed by atoms with Crippen LogP contribution in [-0.2, 0) is 11.2 Å². The highest BCUT2D eigenvalue weighted by molar-refractivity contribution is 9.09. The van der Waals surface area contributed by atoms with Gasteiger partial charge in [-0.25, -0.2) is 0 Å². The molecule has 0 aliphatic carbocycles.